The Morgan fingerprint density at radius 2 is 2.16 bits per heavy atom. The zero-order valence-electron chi connectivity index (χ0n) is 11.8. The van der Waals surface area contributed by atoms with Gasteiger partial charge in [-0.05, 0) is 31.8 Å². The molecule has 0 N–H and O–H groups in total. The van der Waals surface area contributed by atoms with E-state index in [2.05, 4.69) is 25.0 Å². The highest BCUT2D eigenvalue weighted by molar-refractivity contribution is 5.91. The Kier molecular flexibility index (Phi) is 9.93. The van der Waals surface area contributed by atoms with Crippen LogP contribution in [0.15, 0.2) is 47.6 Å². The van der Waals surface area contributed by atoms with Crippen LogP contribution in [0.3, 0.4) is 0 Å². The first-order chi connectivity index (χ1) is 9.27. The lowest BCUT2D eigenvalue weighted by atomic mass is 10.1. The van der Waals surface area contributed by atoms with Gasteiger partial charge >= 0.3 is 5.97 Å². The number of esters is 1. The molecule has 0 radical (unpaired) electrons. The SMILES string of the molecule is C#C.C/C=C(\C=C/CC)C(=O)OCC1=CCCC=C1. The summed E-state index contributed by atoms with van der Waals surface area (Å²) in [5.74, 6) is -0.253. The zero-order chi connectivity index (χ0) is 14.5. The van der Waals surface area contributed by atoms with Crippen LogP contribution in [-0.2, 0) is 9.53 Å². The summed E-state index contributed by atoms with van der Waals surface area (Å²) in [5, 5.41) is 0. The highest BCUT2D eigenvalue weighted by atomic mass is 16.5. The monoisotopic (exact) mass is 258 g/mol. The van der Waals surface area contributed by atoms with E-state index in [0.29, 0.717) is 12.2 Å². The number of carbonyl (C=O) groups excluding carboxylic acids is 1. The molecule has 0 aromatic rings. The van der Waals surface area contributed by atoms with Crippen LogP contribution in [0.2, 0.25) is 0 Å². The van der Waals surface area contributed by atoms with E-state index < -0.39 is 0 Å². The van der Waals surface area contributed by atoms with Crippen LogP contribution in [-0.4, -0.2) is 12.6 Å². The molecule has 0 saturated carbocycles. The fourth-order valence-electron chi connectivity index (χ4n) is 1.53. The highest BCUT2D eigenvalue weighted by Gasteiger charge is 2.07. The quantitative estimate of drug-likeness (QED) is 0.323. The van der Waals surface area contributed by atoms with Crippen molar-refractivity contribution in [1.82, 2.24) is 0 Å². The van der Waals surface area contributed by atoms with Crippen molar-refractivity contribution in [3.63, 3.8) is 0 Å². The van der Waals surface area contributed by atoms with Crippen LogP contribution in [0.4, 0.5) is 0 Å². The van der Waals surface area contributed by atoms with Crippen molar-refractivity contribution in [1.29, 1.82) is 0 Å². The number of hydrogen-bond acceptors (Lipinski definition) is 2. The van der Waals surface area contributed by atoms with E-state index >= 15 is 0 Å². The number of rotatable bonds is 5. The summed E-state index contributed by atoms with van der Waals surface area (Å²) in [6.07, 6.45) is 22.8. The zero-order valence-corrected chi connectivity index (χ0v) is 11.8. The topological polar surface area (TPSA) is 26.3 Å². The normalized spacial score (nSPS) is 14.5. The maximum absolute atomic E-state index is 11.7. The molecule has 0 bridgehead atoms. The second-order valence-electron chi connectivity index (χ2n) is 3.89. The third kappa shape index (κ3) is 7.10. The minimum absolute atomic E-state index is 0.253. The van der Waals surface area contributed by atoms with Gasteiger partial charge in [0.1, 0.15) is 6.61 Å². The van der Waals surface area contributed by atoms with Gasteiger partial charge in [0.25, 0.3) is 0 Å². The molecule has 19 heavy (non-hydrogen) atoms. The lowest BCUT2D eigenvalue weighted by molar-refractivity contribution is -0.137. The van der Waals surface area contributed by atoms with Gasteiger partial charge in [0, 0.05) is 0 Å². The maximum Gasteiger partial charge on any atom is 0.338 e. The average molecular weight is 258 g/mol. The summed E-state index contributed by atoms with van der Waals surface area (Å²) < 4.78 is 5.25. The lowest BCUT2D eigenvalue weighted by Gasteiger charge is -2.08. The second kappa shape index (κ2) is 11.1. The molecule has 0 spiro atoms. The van der Waals surface area contributed by atoms with Gasteiger partial charge in [-0.15, -0.1) is 12.8 Å². The molecule has 0 aliphatic heterocycles. The first-order valence-corrected chi connectivity index (χ1v) is 6.46. The van der Waals surface area contributed by atoms with Crippen molar-refractivity contribution >= 4 is 5.97 Å². The Balaban J connectivity index is 0.00000154. The van der Waals surface area contributed by atoms with Gasteiger partial charge in [0.05, 0.1) is 5.57 Å². The second-order valence-corrected chi connectivity index (χ2v) is 3.89. The van der Waals surface area contributed by atoms with E-state index in [1.807, 2.05) is 32.1 Å². The van der Waals surface area contributed by atoms with E-state index in [0.717, 1.165) is 24.8 Å². The fraction of sp³-hybridized carbons (Fsp3) is 0.353. The molecule has 1 aliphatic rings. The van der Waals surface area contributed by atoms with Gasteiger partial charge in [-0.2, -0.15) is 0 Å². The van der Waals surface area contributed by atoms with Gasteiger partial charge in [-0.25, -0.2) is 4.79 Å². The number of carbonyl (C=O) groups is 1. The Hall–Kier alpha value is -2.01. The Labute approximate surface area is 116 Å². The smallest absolute Gasteiger partial charge is 0.338 e. The van der Waals surface area contributed by atoms with Crippen molar-refractivity contribution in [2.45, 2.75) is 33.1 Å². The van der Waals surface area contributed by atoms with Gasteiger partial charge < -0.3 is 4.74 Å². The summed E-state index contributed by atoms with van der Waals surface area (Å²) in [4.78, 5) is 11.7. The van der Waals surface area contributed by atoms with Crippen LogP contribution in [0.1, 0.15) is 33.1 Å². The maximum atomic E-state index is 11.7. The molecule has 0 saturated heterocycles. The van der Waals surface area contributed by atoms with Crippen LogP contribution >= 0.6 is 0 Å². The van der Waals surface area contributed by atoms with Crippen molar-refractivity contribution in [2.75, 3.05) is 6.61 Å². The van der Waals surface area contributed by atoms with Crippen LogP contribution < -0.4 is 0 Å². The highest BCUT2D eigenvalue weighted by Crippen LogP contribution is 2.11. The van der Waals surface area contributed by atoms with E-state index in [1.165, 1.54) is 0 Å². The standard InChI is InChI=1S/C15H20O2.C2H2/c1-3-5-11-14(4-2)15(16)17-12-13-9-7-6-8-10-13;1-2/h4-5,7,9-11H,3,6,8,12H2,1-2H3;1-2H/b11-5-,14-4+;. The molecular weight excluding hydrogens is 236 g/mol. The Bertz CT molecular complexity index is 406. The molecule has 2 nitrogen and oxygen atoms in total. The summed E-state index contributed by atoms with van der Waals surface area (Å²) >= 11 is 0. The summed E-state index contributed by atoms with van der Waals surface area (Å²) in [5.41, 5.74) is 1.70. The van der Waals surface area contributed by atoms with Gasteiger partial charge in [0.2, 0.25) is 0 Å². The molecule has 1 rings (SSSR count). The van der Waals surface area contributed by atoms with Gasteiger partial charge in [-0.1, -0.05) is 43.4 Å². The summed E-state index contributed by atoms with van der Waals surface area (Å²) in [6.45, 7) is 4.25. The first kappa shape index (κ1) is 17.0. The molecule has 0 amide bonds. The van der Waals surface area contributed by atoms with Crippen LogP contribution in [0.5, 0.6) is 0 Å². The van der Waals surface area contributed by atoms with E-state index in [4.69, 9.17) is 4.74 Å². The number of hydrogen-bond donors (Lipinski definition) is 0. The molecule has 0 fully saturated rings. The predicted molar refractivity (Wildman–Crippen MR) is 80.5 cm³/mol. The van der Waals surface area contributed by atoms with E-state index in [9.17, 15) is 4.79 Å². The molecule has 0 unspecified atom stereocenters. The van der Waals surface area contributed by atoms with E-state index in [-0.39, 0.29) is 5.97 Å². The summed E-state index contributed by atoms with van der Waals surface area (Å²) in [7, 11) is 0. The molecule has 102 valence electrons. The Morgan fingerprint density at radius 1 is 1.42 bits per heavy atom. The van der Waals surface area contributed by atoms with Crippen molar-refractivity contribution < 1.29 is 9.53 Å². The molecule has 0 atom stereocenters. The van der Waals surface area contributed by atoms with Crippen LogP contribution in [0, 0.1) is 12.8 Å². The number of ether oxygens (including phenoxy) is 1. The number of allylic oxidation sites excluding steroid dienone is 4. The third-order valence-corrected chi connectivity index (χ3v) is 2.52. The average Bonchev–Trinajstić information content (AvgIpc) is 2.49. The molecule has 1 aliphatic carbocycles. The Morgan fingerprint density at radius 3 is 2.68 bits per heavy atom. The van der Waals surface area contributed by atoms with Crippen molar-refractivity contribution in [3.8, 4) is 12.8 Å². The minimum Gasteiger partial charge on any atom is -0.457 e. The summed E-state index contributed by atoms with van der Waals surface area (Å²) in [6, 6.07) is 0. The fourth-order valence-corrected chi connectivity index (χ4v) is 1.53. The third-order valence-electron chi connectivity index (χ3n) is 2.52. The van der Waals surface area contributed by atoms with Crippen molar-refractivity contribution in [3.05, 3.63) is 47.6 Å². The molecule has 0 aromatic carbocycles. The lowest BCUT2D eigenvalue weighted by Crippen LogP contribution is -2.09. The van der Waals surface area contributed by atoms with E-state index in [1.54, 1.807) is 6.08 Å². The van der Waals surface area contributed by atoms with Crippen LogP contribution in [0.25, 0.3) is 0 Å². The molecule has 0 aromatic heterocycles. The largest absolute Gasteiger partial charge is 0.457 e. The van der Waals surface area contributed by atoms with Gasteiger partial charge in [-0.3, -0.25) is 0 Å². The van der Waals surface area contributed by atoms with Crippen molar-refractivity contribution in [2.24, 2.45) is 0 Å². The minimum atomic E-state index is -0.253. The number of terminal acetylenes is 1. The predicted octanol–water partition coefficient (Wildman–Crippen LogP) is 3.97. The van der Waals surface area contributed by atoms with Gasteiger partial charge in [0.15, 0.2) is 0 Å². The molecule has 2 heteroatoms. The first-order valence-electron chi connectivity index (χ1n) is 6.46. The molecule has 0 heterocycles. The molecular formula is C17H22O2.